The minimum atomic E-state index is 0.918. The minimum Gasteiger partial charge on any atom is -0.496 e. The molecule has 0 spiro atoms. The fourth-order valence-electron chi connectivity index (χ4n) is 2.54. The molecule has 4 nitrogen and oxygen atoms in total. The zero-order valence-electron chi connectivity index (χ0n) is 12.2. The van der Waals surface area contributed by atoms with E-state index >= 15 is 0 Å². The Hall–Kier alpha value is -1.26. The fraction of sp³-hybridized carbons (Fsp3) is 0.600. The van der Waals surface area contributed by atoms with E-state index in [1.807, 2.05) is 6.92 Å². The lowest BCUT2D eigenvalue weighted by Crippen LogP contribution is -2.27. The Morgan fingerprint density at radius 1 is 1.11 bits per heavy atom. The van der Waals surface area contributed by atoms with Gasteiger partial charge in [-0.1, -0.05) is 0 Å². The van der Waals surface area contributed by atoms with Crippen LogP contribution in [0, 0.1) is 6.92 Å². The number of nitrogens with zero attached hydrogens (tertiary/aromatic N) is 1. The molecule has 0 aromatic heterocycles. The van der Waals surface area contributed by atoms with Crippen LogP contribution in [-0.2, 0) is 6.54 Å². The summed E-state index contributed by atoms with van der Waals surface area (Å²) in [5, 5.41) is 3.43. The molecule has 106 valence electrons. The van der Waals surface area contributed by atoms with Crippen molar-refractivity contribution in [3.8, 4) is 11.5 Å². The van der Waals surface area contributed by atoms with Gasteiger partial charge in [-0.15, -0.1) is 0 Å². The van der Waals surface area contributed by atoms with E-state index in [-0.39, 0.29) is 0 Å². The molecule has 0 amide bonds. The van der Waals surface area contributed by atoms with E-state index < -0.39 is 0 Å². The van der Waals surface area contributed by atoms with Crippen molar-refractivity contribution in [2.75, 3.05) is 40.4 Å². The van der Waals surface area contributed by atoms with Crippen LogP contribution in [0.5, 0.6) is 11.5 Å². The minimum absolute atomic E-state index is 0.918. The molecule has 19 heavy (non-hydrogen) atoms. The maximum Gasteiger partial charge on any atom is 0.123 e. The molecular weight excluding hydrogens is 240 g/mol. The number of nitrogens with one attached hydrogen (secondary N) is 1. The monoisotopic (exact) mass is 264 g/mol. The second-order valence-corrected chi connectivity index (χ2v) is 5.01. The molecule has 1 N–H and O–H groups in total. The van der Waals surface area contributed by atoms with Gasteiger partial charge in [0.05, 0.1) is 14.2 Å². The van der Waals surface area contributed by atoms with E-state index in [9.17, 15) is 0 Å². The summed E-state index contributed by atoms with van der Waals surface area (Å²) in [7, 11) is 3.45. The zero-order valence-corrected chi connectivity index (χ0v) is 12.2. The third kappa shape index (κ3) is 3.61. The van der Waals surface area contributed by atoms with Gasteiger partial charge in [0.1, 0.15) is 11.5 Å². The normalized spacial score (nSPS) is 17.0. The van der Waals surface area contributed by atoms with Crippen LogP contribution in [0.3, 0.4) is 0 Å². The van der Waals surface area contributed by atoms with Gasteiger partial charge in [-0.05, 0) is 44.1 Å². The first-order chi connectivity index (χ1) is 9.24. The summed E-state index contributed by atoms with van der Waals surface area (Å²) in [6.45, 7) is 7.35. The van der Waals surface area contributed by atoms with E-state index in [2.05, 4.69) is 22.3 Å². The smallest absolute Gasteiger partial charge is 0.123 e. The number of hydrogen-bond donors (Lipinski definition) is 1. The molecule has 0 atom stereocenters. The highest BCUT2D eigenvalue weighted by molar-refractivity contribution is 5.45. The number of aryl methyl sites for hydroxylation is 1. The lowest BCUT2D eigenvalue weighted by molar-refractivity contribution is 0.278. The van der Waals surface area contributed by atoms with Crippen LogP contribution in [0.4, 0.5) is 0 Å². The number of benzene rings is 1. The molecule has 1 aromatic rings. The molecule has 0 saturated carbocycles. The van der Waals surface area contributed by atoms with E-state index in [1.165, 1.54) is 12.0 Å². The molecule has 1 heterocycles. The van der Waals surface area contributed by atoms with Crippen LogP contribution in [0.15, 0.2) is 12.1 Å². The van der Waals surface area contributed by atoms with Crippen molar-refractivity contribution < 1.29 is 9.47 Å². The number of hydrogen-bond acceptors (Lipinski definition) is 4. The highest BCUT2D eigenvalue weighted by Crippen LogP contribution is 2.29. The van der Waals surface area contributed by atoms with Crippen LogP contribution in [0.1, 0.15) is 17.5 Å². The standard InChI is InChI=1S/C15H24N2O2/c1-12-9-15(19-3)13(10-14(12)18-2)11-17-7-4-5-16-6-8-17/h9-10,16H,4-8,11H2,1-3H3. The van der Waals surface area contributed by atoms with Gasteiger partial charge >= 0.3 is 0 Å². The average Bonchev–Trinajstić information content (AvgIpc) is 2.69. The van der Waals surface area contributed by atoms with E-state index in [4.69, 9.17) is 9.47 Å². The summed E-state index contributed by atoms with van der Waals surface area (Å²) in [5.74, 6) is 1.89. The molecular formula is C15H24N2O2. The average molecular weight is 264 g/mol. The third-order valence-electron chi connectivity index (χ3n) is 3.62. The van der Waals surface area contributed by atoms with Crippen molar-refractivity contribution in [2.24, 2.45) is 0 Å². The van der Waals surface area contributed by atoms with Gasteiger partial charge in [-0.3, -0.25) is 4.90 Å². The van der Waals surface area contributed by atoms with Crippen molar-refractivity contribution in [3.63, 3.8) is 0 Å². The first-order valence-corrected chi connectivity index (χ1v) is 6.89. The van der Waals surface area contributed by atoms with Gasteiger partial charge in [-0.2, -0.15) is 0 Å². The lowest BCUT2D eigenvalue weighted by Gasteiger charge is -2.21. The quantitative estimate of drug-likeness (QED) is 0.899. The lowest BCUT2D eigenvalue weighted by atomic mass is 10.1. The Morgan fingerprint density at radius 2 is 1.89 bits per heavy atom. The number of rotatable bonds is 4. The van der Waals surface area contributed by atoms with Gasteiger partial charge in [0.15, 0.2) is 0 Å². The Balaban J connectivity index is 2.17. The van der Waals surface area contributed by atoms with Crippen LogP contribution in [0.2, 0.25) is 0 Å². The van der Waals surface area contributed by atoms with Gasteiger partial charge < -0.3 is 14.8 Å². The van der Waals surface area contributed by atoms with E-state index in [0.717, 1.165) is 49.8 Å². The Kier molecular flexibility index (Phi) is 5.05. The number of ether oxygens (including phenoxy) is 2. The predicted octanol–water partition coefficient (Wildman–Crippen LogP) is 1.81. The highest BCUT2D eigenvalue weighted by Gasteiger charge is 2.14. The summed E-state index contributed by atoms with van der Waals surface area (Å²) in [6.07, 6.45) is 1.20. The maximum atomic E-state index is 5.50. The summed E-state index contributed by atoms with van der Waals surface area (Å²) in [6, 6.07) is 4.16. The SMILES string of the molecule is COc1cc(CN2CCCNCC2)c(OC)cc1C. The third-order valence-corrected chi connectivity index (χ3v) is 3.62. The Labute approximate surface area is 115 Å². The molecule has 0 bridgehead atoms. The molecule has 1 aliphatic heterocycles. The van der Waals surface area contributed by atoms with Crippen LogP contribution in [0.25, 0.3) is 0 Å². The second kappa shape index (κ2) is 6.78. The van der Waals surface area contributed by atoms with Crippen molar-refractivity contribution >= 4 is 0 Å². The Bertz CT molecular complexity index is 413. The molecule has 1 aromatic carbocycles. The molecule has 0 radical (unpaired) electrons. The number of methoxy groups -OCH3 is 2. The largest absolute Gasteiger partial charge is 0.496 e. The van der Waals surface area contributed by atoms with Gasteiger partial charge in [-0.25, -0.2) is 0 Å². The summed E-state index contributed by atoms with van der Waals surface area (Å²) >= 11 is 0. The zero-order chi connectivity index (χ0) is 13.7. The van der Waals surface area contributed by atoms with Gasteiger partial charge in [0.2, 0.25) is 0 Å². The van der Waals surface area contributed by atoms with E-state index in [1.54, 1.807) is 14.2 Å². The van der Waals surface area contributed by atoms with Crippen molar-refractivity contribution in [1.29, 1.82) is 0 Å². The molecule has 4 heteroatoms. The first kappa shape index (κ1) is 14.2. The Morgan fingerprint density at radius 3 is 2.63 bits per heavy atom. The first-order valence-electron chi connectivity index (χ1n) is 6.89. The van der Waals surface area contributed by atoms with Gasteiger partial charge in [0, 0.05) is 25.2 Å². The van der Waals surface area contributed by atoms with Crippen molar-refractivity contribution in [2.45, 2.75) is 19.9 Å². The molecule has 1 aliphatic rings. The van der Waals surface area contributed by atoms with Crippen molar-refractivity contribution in [3.05, 3.63) is 23.3 Å². The van der Waals surface area contributed by atoms with Crippen LogP contribution < -0.4 is 14.8 Å². The molecule has 0 unspecified atom stereocenters. The summed E-state index contributed by atoms with van der Waals surface area (Å²) in [4.78, 5) is 2.46. The molecule has 2 rings (SSSR count). The topological polar surface area (TPSA) is 33.7 Å². The van der Waals surface area contributed by atoms with Gasteiger partial charge in [0.25, 0.3) is 0 Å². The molecule has 0 aliphatic carbocycles. The molecule has 1 saturated heterocycles. The predicted molar refractivity (Wildman–Crippen MR) is 77.0 cm³/mol. The second-order valence-electron chi connectivity index (χ2n) is 5.01. The van der Waals surface area contributed by atoms with E-state index in [0.29, 0.717) is 0 Å². The summed E-state index contributed by atoms with van der Waals surface area (Å²) < 4.78 is 10.9. The highest BCUT2D eigenvalue weighted by atomic mass is 16.5. The van der Waals surface area contributed by atoms with Crippen molar-refractivity contribution in [1.82, 2.24) is 10.2 Å². The van der Waals surface area contributed by atoms with Crippen LogP contribution >= 0.6 is 0 Å². The molecule has 1 fully saturated rings. The summed E-state index contributed by atoms with van der Waals surface area (Å²) in [5.41, 5.74) is 2.31. The fourth-order valence-corrected chi connectivity index (χ4v) is 2.54. The maximum absolute atomic E-state index is 5.50. The van der Waals surface area contributed by atoms with Crippen LogP contribution in [-0.4, -0.2) is 45.3 Å².